The molecule has 0 amide bonds. The zero-order valence-electron chi connectivity index (χ0n) is 63.5. The lowest BCUT2D eigenvalue weighted by Gasteiger charge is -2.21. The van der Waals surface area contributed by atoms with E-state index >= 15 is 0 Å². The van der Waals surface area contributed by atoms with E-state index in [-0.39, 0.29) is 25.7 Å². The lowest BCUT2D eigenvalue weighted by molar-refractivity contribution is -0.161. The number of phosphoric acid groups is 2. The minimum Gasteiger partial charge on any atom is -0.462 e. The van der Waals surface area contributed by atoms with E-state index < -0.39 is 97.5 Å². The third kappa shape index (κ3) is 70.9. The molecular formula is C78H152O17P2. The number of carbonyl (C=O) groups is 4. The minimum absolute atomic E-state index is 0.103. The molecule has 0 aliphatic rings. The van der Waals surface area contributed by atoms with Crippen molar-refractivity contribution in [3.05, 3.63) is 0 Å². The molecule has 0 bridgehead atoms. The number of ether oxygens (including phenoxy) is 4. The summed E-state index contributed by atoms with van der Waals surface area (Å²) in [7, 11) is -9.91. The maximum absolute atomic E-state index is 13.1. The smallest absolute Gasteiger partial charge is 0.462 e. The maximum Gasteiger partial charge on any atom is 0.472 e. The van der Waals surface area contributed by atoms with Gasteiger partial charge in [0.15, 0.2) is 12.2 Å². The van der Waals surface area contributed by atoms with E-state index in [1.165, 1.54) is 212 Å². The molecule has 19 heteroatoms. The number of carbonyl (C=O) groups excluding carboxylic acids is 4. The summed E-state index contributed by atoms with van der Waals surface area (Å²) in [6.07, 6.45) is 55.7. The van der Waals surface area contributed by atoms with Gasteiger partial charge >= 0.3 is 39.5 Å². The molecule has 3 N–H and O–H groups in total. The molecule has 0 aromatic heterocycles. The van der Waals surface area contributed by atoms with E-state index in [4.69, 9.17) is 37.0 Å². The average molecular weight is 1420 g/mol. The van der Waals surface area contributed by atoms with Crippen LogP contribution in [0.25, 0.3) is 0 Å². The number of aliphatic hydroxyl groups excluding tert-OH is 1. The maximum atomic E-state index is 13.1. The van der Waals surface area contributed by atoms with Crippen molar-refractivity contribution in [1.29, 1.82) is 0 Å². The highest BCUT2D eigenvalue weighted by Crippen LogP contribution is 2.45. The van der Waals surface area contributed by atoms with Gasteiger partial charge in [-0.1, -0.05) is 350 Å². The van der Waals surface area contributed by atoms with Gasteiger partial charge in [0.25, 0.3) is 0 Å². The van der Waals surface area contributed by atoms with Crippen LogP contribution in [0.1, 0.15) is 402 Å². The third-order valence-corrected chi connectivity index (χ3v) is 20.4. The van der Waals surface area contributed by atoms with Crippen LogP contribution >= 0.6 is 15.6 Å². The van der Waals surface area contributed by atoms with Crippen LogP contribution in [-0.2, 0) is 65.4 Å². The molecule has 3 unspecified atom stereocenters. The predicted octanol–water partition coefficient (Wildman–Crippen LogP) is 23.0. The van der Waals surface area contributed by atoms with Crippen LogP contribution in [0.3, 0.4) is 0 Å². The summed E-state index contributed by atoms with van der Waals surface area (Å²) < 4.78 is 68.5. The summed E-state index contributed by atoms with van der Waals surface area (Å²) in [6.45, 7) is 11.9. The zero-order valence-corrected chi connectivity index (χ0v) is 65.3. The SMILES string of the molecule is CCCCCCCCCCCC(=O)OC[C@H](COP(=O)(O)OC[C@H](O)COP(=O)(O)OC[C@@H](COC(=O)CCCCCCCCCCCCCCCCC(C)C)OC(=O)CCCCCCCCCCCCCCCCCCCCC(C)C)OC(=O)CCCCCCCCC(C)CC. The van der Waals surface area contributed by atoms with Gasteiger partial charge in [-0.2, -0.15) is 0 Å². The monoisotopic (exact) mass is 1420 g/mol. The van der Waals surface area contributed by atoms with Gasteiger partial charge in [-0.3, -0.25) is 37.3 Å². The van der Waals surface area contributed by atoms with E-state index in [0.717, 1.165) is 108 Å². The lowest BCUT2D eigenvalue weighted by Crippen LogP contribution is -2.30. The summed E-state index contributed by atoms with van der Waals surface area (Å²) in [5.74, 6) is 0.220. The number of hydrogen-bond donors (Lipinski definition) is 3. The Labute approximate surface area is 594 Å². The Morgan fingerprint density at radius 3 is 0.784 bits per heavy atom. The lowest BCUT2D eigenvalue weighted by atomic mass is 10.00. The summed E-state index contributed by atoms with van der Waals surface area (Å²) >= 11 is 0. The molecule has 0 spiro atoms. The Balaban J connectivity index is 5.19. The van der Waals surface area contributed by atoms with Crippen LogP contribution in [0, 0.1) is 17.8 Å². The molecular weight excluding hydrogens is 1270 g/mol. The molecule has 0 saturated carbocycles. The highest BCUT2D eigenvalue weighted by Gasteiger charge is 2.30. The highest BCUT2D eigenvalue weighted by atomic mass is 31.2. The molecule has 0 fully saturated rings. The van der Waals surface area contributed by atoms with Crippen molar-refractivity contribution >= 4 is 39.5 Å². The number of aliphatic hydroxyl groups is 1. The van der Waals surface area contributed by atoms with Crippen molar-refractivity contribution in [3.8, 4) is 0 Å². The molecule has 0 radical (unpaired) electrons. The Hall–Kier alpha value is -1.94. The molecule has 0 aromatic carbocycles. The van der Waals surface area contributed by atoms with E-state index in [1.807, 2.05) is 0 Å². The Morgan fingerprint density at radius 2 is 0.526 bits per heavy atom. The van der Waals surface area contributed by atoms with E-state index in [9.17, 15) is 43.2 Å². The van der Waals surface area contributed by atoms with Crippen molar-refractivity contribution in [3.63, 3.8) is 0 Å². The number of hydrogen-bond acceptors (Lipinski definition) is 15. The van der Waals surface area contributed by atoms with Gasteiger partial charge in [-0.05, 0) is 43.4 Å². The highest BCUT2D eigenvalue weighted by molar-refractivity contribution is 7.47. The van der Waals surface area contributed by atoms with Crippen LogP contribution in [0.15, 0.2) is 0 Å². The summed E-state index contributed by atoms with van der Waals surface area (Å²) in [5.41, 5.74) is 0. The van der Waals surface area contributed by atoms with Crippen LogP contribution in [0.4, 0.5) is 0 Å². The Kier molecular flexibility index (Phi) is 67.1. The molecule has 17 nitrogen and oxygen atoms in total. The number of esters is 4. The second-order valence-electron chi connectivity index (χ2n) is 29.3. The Bertz CT molecular complexity index is 1890. The van der Waals surface area contributed by atoms with Crippen molar-refractivity contribution in [1.82, 2.24) is 0 Å². The molecule has 0 aliphatic heterocycles. The Morgan fingerprint density at radius 1 is 0.299 bits per heavy atom. The van der Waals surface area contributed by atoms with E-state index in [1.54, 1.807) is 0 Å². The normalized spacial score (nSPS) is 14.3. The topological polar surface area (TPSA) is 237 Å². The van der Waals surface area contributed by atoms with Crippen molar-refractivity contribution < 1.29 is 80.2 Å². The quantitative estimate of drug-likeness (QED) is 0.0222. The fourth-order valence-corrected chi connectivity index (χ4v) is 13.5. The third-order valence-electron chi connectivity index (χ3n) is 18.5. The second kappa shape index (κ2) is 68.5. The zero-order chi connectivity index (χ0) is 71.6. The first-order chi connectivity index (χ1) is 46.8. The van der Waals surface area contributed by atoms with Crippen LogP contribution in [-0.4, -0.2) is 96.7 Å². The second-order valence-corrected chi connectivity index (χ2v) is 32.2. The van der Waals surface area contributed by atoms with Crippen LogP contribution in [0.2, 0.25) is 0 Å². The van der Waals surface area contributed by atoms with Gasteiger partial charge in [-0.15, -0.1) is 0 Å². The van der Waals surface area contributed by atoms with Crippen molar-refractivity contribution in [2.75, 3.05) is 39.6 Å². The molecule has 6 atom stereocenters. The molecule has 576 valence electrons. The molecule has 0 aromatic rings. The largest absolute Gasteiger partial charge is 0.472 e. The number of unbranched alkanes of at least 4 members (excludes halogenated alkanes) is 43. The molecule has 0 heterocycles. The van der Waals surface area contributed by atoms with Crippen LogP contribution < -0.4 is 0 Å². The number of rotatable bonds is 76. The first-order valence-corrected chi connectivity index (χ1v) is 43.4. The van der Waals surface area contributed by atoms with Gasteiger partial charge in [0.1, 0.15) is 19.3 Å². The average Bonchev–Trinajstić information content (AvgIpc) is 1.15. The minimum atomic E-state index is -4.96. The fraction of sp³-hybridized carbons (Fsp3) is 0.949. The molecule has 0 saturated heterocycles. The van der Waals surface area contributed by atoms with Gasteiger partial charge in [0, 0.05) is 25.7 Å². The molecule has 0 rings (SSSR count). The van der Waals surface area contributed by atoms with Crippen molar-refractivity contribution in [2.24, 2.45) is 17.8 Å². The van der Waals surface area contributed by atoms with Gasteiger partial charge in [0.05, 0.1) is 26.4 Å². The van der Waals surface area contributed by atoms with E-state index in [2.05, 4.69) is 48.5 Å². The summed E-state index contributed by atoms with van der Waals surface area (Å²) in [6, 6.07) is 0. The summed E-state index contributed by atoms with van der Waals surface area (Å²) in [5, 5.41) is 10.6. The van der Waals surface area contributed by atoms with Crippen molar-refractivity contribution in [2.45, 2.75) is 420 Å². The molecule has 0 aliphatic carbocycles. The van der Waals surface area contributed by atoms with E-state index in [0.29, 0.717) is 25.7 Å². The summed E-state index contributed by atoms with van der Waals surface area (Å²) in [4.78, 5) is 72.8. The standard InChI is InChI=1S/C78H152O17P2/c1-8-10-11-12-13-30-37-45-52-59-75(80)88-66-74(95-78(83)62-55-48-41-40-44-51-58-71(7)9-2)68-93-97(86,87)91-64-72(79)63-90-96(84,85)92-67-73(65-89-76(81)60-53-46-38-33-28-24-21-20-23-27-32-36-43-50-57-70(5)6)94-77(82)61-54-47-39-34-29-25-19-17-15-14-16-18-22-26-31-35-42-49-56-69(3)4/h69-74,79H,8-68H2,1-7H3,(H,84,85)(H,86,87)/t71?,72-,73-,74-/m1/s1. The fourth-order valence-electron chi connectivity index (χ4n) is 11.9. The van der Waals surface area contributed by atoms with Gasteiger partial charge in [-0.25, -0.2) is 9.13 Å². The van der Waals surface area contributed by atoms with Gasteiger partial charge < -0.3 is 33.8 Å². The molecule has 97 heavy (non-hydrogen) atoms. The predicted molar refractivity (Wildman–Crippen MR) is 395 cm³/mol. The van der Waals surface area contributed by atoms with Crippen LogP contribution in [0.5, 0.6) is 0 Å². The number of phosphoric ester groups is 2. The first kappa shape index (κ1) is 95.1. The van der Waals surface area contributed by atoms with Gasteiger partial charge in [0.2, 0.25) is 0 Å². The first-order valence-electron chi connectivity index (χ1n) is 40.4.